The van der Waals surface area contributed by atoms with Crippen molar-refractivity contribution < 1.29 is 14.3 Å². The van der Waals surface area contributed by atoms with Crippen LogP contribution in [0.4, 0.5) is 17.2 Å². The largest absolute Gasteiger partial charge is 0.383 e. The monoisotopic (exact) mass is 493 g/mol. The number of anilines is 3. The van der Waals surface area contributed by atoms with Crippen LogP contribution in [-0.2, 0) is 11.3 Å². The average Bonchev–Trinajstić information content (AvgIpc) is 2.85. The third kappa shape index (κ3) is 5.89. The molecule has 1 aromatic heterocycles. The van der Waals surface area contributed by atoms with Crippen molar-refractivity contribution in [3.05, 3.63) is 86.1 Å². The van der Waals surface area contributed by atoms with Gasteiger partial charge in [-0.1, -0.05) is 38.1 Å². The van der Waals surface area contributed by atoms with E-state index >= 15 is 0 Å². The molecule has 0 saturated heterocycles. The normalized spacial score (nSPS) is 10.9. The third-order valence-corrected chi connectivity index (χ3v) is 5.56. The molecule has 0 aliphatic rings. The summed E-state index contributed by atoms with van der Waals surface area (Å²) < 4.78 is 6.40. The Morgan fingerprint density at radius 3 is 2.44 bits per heavy atom. The molecule has 0 saturated carbocycles. The fourth-order valence-electron chi connectivity index (χ4n) is 3.71. The van der Waals surface area contributed by atoms with Crippen LogP contribution >= 0.6 is 0 Å². The topological polar surface area (TPSA) is 140 Å². The van der Waals surface area contributed by atoms with Gasteiger partial charge in [0.15, 0.2) is 5.69 Å². The summed E-state index contributed by atoms with van der Waals surface area (Å²) in [7, 11) is 1.47. The molecular formula is C26H31N5O5. The van der Waals surface area contributed by atoms with Gasteiger partial charge >= 0.3 is 5.69 Å². The maximum atomic E-state index is 13.7. The van der Waals surface area contributed by atoms with E-state index in [9.17, 15) is 19.2 Å². The van der Waals surface area contributed by atoms with Gasteiger partial charge in [0.1, 0.15) is 5.82 Å². The maximum Gasteiger partial charge on any atom is 0.330 e. The Morgan fingerprint density at radius 2 is 1.81 bits per heavy atom. The van der Waals surface area contributed by atoms with Crippen LogP contribution in [0, 0.1) is 12.8 Å². The summed E-state index contributed by atoms with van der Waals surface area (Å²) in [5.41, 5.74) is 6.61. The van der Waals surface area contributed by atoms with Gasteiger partial charge < -0.3 is 15.8 Å². The van der Waals surface area contributed by atoms with Crippen LogP contribution in [-0.4, -0.2) is 41.6 Å². The van der Waals surface area contributed by atoms with Crippen molar-refractivity contribution in [1.82, 2.24) is 9.55 Å². The van der Waals surface area contributed by atoms with Gasteiger partial charge in [0.05, 0.1) is 6.61 Å². The Hall–Kier alpha value is -4.18. The standard InChI is InChI=1S/C26H31N5O5/c1-16(2)15-31-22(27)21(24(33)29-26(31)35)30(12-13-36-4)25(34)19-11-10-17(3)20(14-19)28-23(32)18-8-6-5-7-9-18/h5-11,14,16H,12-13,15,27H2,1-4H3,(H,28,32)(H,29,33,35). The Balaban J connectivity index is 2.03. The van der Waals surface area contributed by atoms with Gasteiger partial charge in [0.25, 0.3) is 17.4 Å². The lowest BCUT2D eigenvalue weighted by Crippen LogP contribution is -2.43. The summed E-state index contributed by atoms with van der Waals surface area (Å²) in [6, 6.07) is 13.6. The lowest BCUT2D eigenvalue weighted by Gasteiger charge is -2.25. The molecule has 0 fully saturated rings. The molecular weight excluding hydrogens is 462 g/mol. The molecule has 2 amide bonds. The quantitative estimate of drug-likeness (QED) is 0.419. The number of aryl methyl sites for hydroxylation is 1. The second-order valence-corrected chi connectivity index (χ2v) is 8.80. The van der Waals surface area contributed by atoms with Gasteiger partial charge in [0, 0.05) is 37.0 Å². The summed E-state index contributed by atoms with van der Waals surface area (Å²) in [5, 5.41) is 2.83. The van der Waals surface area contributed by atoms with E-state index in [0.717, 1.165) is 5.56 Å². The first-order valence-corrected chi connectivity index (χ1v) is 11.5. The zero-order chi connectivity index (χ0) is 26.4. The molecule has 0 aliphatic heterocycles. The van der Waals surface area contributed by atoms with E-state index in [0.29, 0.717) is 11.3 Å². The van der Waals surface area contributed by atoms with Crippen molar-refractivity contribution in [1.29, 1.82) is 0 Å². The van der Waals surface area contributed by atoms with Crippen molar-refractivity contribution in [3.63, 3.8) is 0 Å². The van der Waals surface area contributed by atoms with Crippen LogP contribution in [0.2, 0.25) is 0 Å². The fourth-order valence-corrected chi connectivity index (χ4v) is 3.71. The number of methoxy groups -OCH3 is 1. The number of rotatable bonds is 9. The number of carbonyl (C=O) groups is 2. The number of benzene rings is 2. The van der Waals surface area contributed by atoms with Crippen LogP contribution in [0.1, 0.15) is 40.1 Å². The molecule has 0 radical (unpaired) electrons. The first-order valence-electron chi connectivity index (χ1n) is 11.5. The fraction of sp³-hybridized carbons (Fsp3) is 0.308. The highest BCUT2D eigenvalue weighted by atomic mass is 16.5. The van der Waals surface area contributed by atoms with E-state index in [-0.39, 0.29) is 48.6 Å². The highest BCUT2D eigenvalue weighted by Crippen LogP contribution is 2.23. The molecule has 0 atom stereocenters. The lowest BCUT2D eigenvalue weighted by molar-refractivity contribution is 0.0973. The molecule has 0 aliphatic carbocycles. The number of H-pyrrole nitrogens is 1. The molecule has 190 valence electrons. The van der Waals surface area contributed by atoms with Crippen molar-refractivity contribution in [2.75, 3.05) is 36.2 Å². The van der Waals surface area contributed by atoms with Gasteiger partial charge in [-0.2, -0.15) is 0 Å². The minimum atomic E-state index is -0.772. The van der Waals surface area contributed by atoms with Gasteiger partial charge in [0.2, 0.25) is 0 Å². The number of ether oxygens (including phenoxy) is 1. The number of aromatic amines is 1. The second-order valence-electron chi connectivity index (χ2n) is 8.80. The molecule has 3 aromatic rings. The summed E-state index contributed by atoms with van der Waals surface area (Å²) in [4.78, 5) is 55.0. The molecule has 36 heavy (non-hydrogen) atoms. The average molecular weight is 494 g/mol. The molecule has 2 aromatic carbocycles. The van der Waals surface area contributed by atoms with Crippen LogP contribution < -0.4 is 27.2 Å². The highest BCUT2D eigenvalue weighted by molar-refractivity contribution is 6.09. The number of nitrogens with one attached hydrogen (secondary N) is 2. The minimum absolute atomic E-state index is 0.0160. The number of hydrogen-bond acceptors (Lipinski definition) is 6. The van der Waals surface area contributed by atoms with Gasteiger partial charge in [-0.3, -0.25) is 28.8 Å². The zero-order valence-electron chi connectivity index (χ0n) is 20.8. The van der Waals surface area contributed by atoms with Crippen molar-refractivity contribution in [2.24, 2.45) is 5.92 Å². The summed E-state index contributed by atoms with van der Waals surface area (Å²) in [6.45, 7) is 6.02. The van der Waals surface area contributed by atoms with Crippen molar-refractivity contribution in [3.8, 4) is 0 Å². The van der Waals surface area contributed by atoms with Gasteiger partial charge in [-0.25, -0.2) is 4.79 Å². The summed E-state index contributed by atoms with van der Waals surface area (Å²) in [5.74, 6) is -0.887. The molecule has 1 heterocycles. The SMILES string of the molecule is COCCN(C(=O)c1ccc(C)c(NC(=O)c2ccccc2)c1)c1c(N)n(CC(C)C)c(=O)[nH]c1=O. The molecule has 10 heteroatoms. The van der Waals surface area contributed by atoms with E-state index < -0.39 is 17.2 Å². The number of nitrogens with zero attached hydrogens (tertiary/aromatic N) is 2. The van der Waals surface area contributed by atoms with Crippen LogP contribution in [0.15, 0.2) is 58.1 Å². The zero-order valence-corrected chi connectivity index (χ0v) is 20.8. The second kappa shape index (κ2) is 11.5. The Kier molecular flexibility index (Phi) is 8.44. The van der Waals surface area contributed by atoms with Crippen molar-refractivity contribution >= 4 is 29.0 Å². The maximum absolute atomic E-state index is 13.7. The Bertz CT molecular complexity index is 1360. The van der Waals surface area contributed by atoms with Crippen molar-refractivity contribution in [2.45, 2.75) is 27.3 Å². The molecule has 4 N–H and O–H groups in total. The molecule has 3 rings (SSSR count). The summed E-state index contributed by atoms with van der Waals surface area (Å²) >= 11 is 0. The van der Waals surface area contributed by atoms with Gasteiger partial charge in [-0.05, 0) is 42.7 Å². The van der Waals surface area contributed by atoms with E-state index in [2.05, 4.69) is 10.3 Å². The minimum Gasteiger partial charge on any atom is -0.383 e. The molecule has 0 bridgehead atoms. The number of nitrogen functional groups attached to an aromatic ring is 1. The van der Waals surface area contributed by atoms with Crippen LogP contribution in [0.3, 0.4) is 0 Å². The smallest absolute Gasteiger partial charge is 0.330 e. The van der Waals surface area contributed by atoms with E-state index in [1.165, 1.54) is 16.6 Å². The van der Waals surface area contributed by atoms with E-state index in [1.807, 2.05) is 26.8 Å². The third-order valence-electron chi connectivity index (χ3n) is 5.56. The number of aromatic nitrogens is 2. The lowest BCUT2D eigenvalue weighted by atomic mass is 10.1. The van der Waals surface area contributed by atoms with E-state index in [4.69, 9.17) is 10.5 Å². The first-order chi connectivity index (χ1) is 17.1. The molecule has 0 unspecified atom stereocenters. The molecule has 10 nitrogen and oxygen atoms in total. The number of hydrogen-bond donors (Lipinski definition) is 3. The van der Waals surface area contributed by atoms with Crippen LogP contribution in [0.5, 0.6) is 0 Å². The predicted octanol–water partition coefficient (Wildman–Crippen LogP) is 2.63. The van der Waals surface area contributed by atoms with Crippen LogP contribution in [0.25, 0.3) is 0 Å². The van der Waals surface area contributed by atoms with Gasteiger partial charge in [-0.15, -0.1) is 0 Å². The van der Waals surface area contributed by atoms with E-state index in [1.54, 1.807) is 42.5 Å². The number of amides is 2. The molecule has 0 spiro atoms. The Morgan fingerprint density at radius 1 is 1.11 bits per heavy atom. The highest BCUT2D eigenvalue weighted by Gasteiger charge is 2.26. The number of nitrogens with two attached hydrogens (primary N) is 1. The predicted molar refractivity (Wildman–Crippen MR) is 140 cm³/mol. The number of carbonyl (C=O) groups excluding carboxylic acids is 2. The Labute approximate surface area is 208 Å². The summed E-state index contributed by atoms with van der Waals surface area (Å²) in [6.07, 6.45) is 0. The first kappa shape index (κ1) is 26.4.